The van der Waals surface area contributed by atoms with Gasteiger partial charge in [-0.1, -0.05) is 48.5 Å². The Labute approximate surface area is 201 Å². The van der Waals surface area contributed by atoms with Crippen molar-refractivity contribution >= 4 is 11.7 Å². The number of rotatable bonds is 9. The first-order valence-electron chi connectivity index (χ1n) is 11.1. The highest BCUT2D eigenvalue weighted by Crippen LogP contribution is 2.52. The minimum Gasteiger partial charge on any atom is -0.368 e. The Morgan fingerprint density at radius 1 is 1.03 bits per heavy atom. The third kappa shape index (κ3) is 5.88. The fraction of sp³-hybridized carbons (Fsp3) is 0.423. The van der Waals surface area contributed by atoms with Crippen molar-refractivity contribution in [2.75, 3.05) is 0 Å². The van der Waals surface area contributed by atoms with Crippen molar-refractivity contribution < 1.29 is 27.2 Å². The summed E-state index contributed by atoms with van der Waals surface area (Å²) in [5, 5.41) is 9.74. The maximum atomic E-state index is 14.5. The van der Waals surface area contributed by atoms with Crippen molar-refractivity contribution in [3.8, 4) is 17.2 Å². The summed E-state index contributed by atoms with van der Waals surface area (Å²) in [6.45, 7) is 3.74. The molecule has 2 N–H and O–H groups in total. The van der Waals surface area contributed by atoms with Crippen LogP contribution in [-0.4, -0.2) is 40.0 Å². The van der Waals surface area contributed by atoms with Gasteiger partial charge in [0.15, 0.2) is 5.78 Å². The lowest BCUT2D eigenvalue weighted by Crippen LogP contribution is -2.57. The molecule has 186 valence electrons. The number of nitrogens with zero attached hydrogens (tertiary/aromatic N) is 2. The lowest BCUT2D eigenvalue weighted by atomic mass is 9.92. The van der Waals surface area contributed by atoms with Gasteiger partial charge in [-0.2, -0.15) is 18.4 Å². The van der Waals surface area contributed by atoms with Crippen LogP contribution in [0.5, 0.6) is 0 Å². The highest BCUT2D eigenvalue weighted by molar-refractivity contribution is 5.94. The Morgan fingerprint density at radius 3 is 1.86 bits per heavy atom. The van der Waals surface area contributed by atoms with Crippen LogP contribution in [-0.2, 0) is 4.79 Å². The van der Waals surface area contributed by atoms with Gasteiger partial charge < -0.3 is 5.73 Å². The van der Waals surface area contributed by atoms with Crippen LogP contribution < -0.4 is 5.73 Å². The first kappa shape index (κ1) is 26.4. The first-order valence-corrected chi connectivity index (χ1v) is 11.1. The summed E-state index contributed by atoms with van der Waals surface area (Å²) in [6.07, 6.45) is -5.22. The van der Waals surface area contributed by atoms with Crippen LogP contribution in [0, 0.1) is 11.3 Å². The molecule has 2 atom stereocenters. The fourth-order valence-corrected chi connectivity index (χ4v) is 4.33. The van der Waals surface area contributed by atoms with Crippen LogP contribution in [0.15, 0.2) is 48.5 Å². The number of Topliss-reactive ketones (excluding diaryl/α,β-unsaturated/α-hetero) is 1. The Morgan fingerprint density at radius 2 is 1.51 bits per heavy atom. The zero-order valence-electron chi connectivity index (χ0n) is 19.7. The van der Waals surface area contributed by atoms with Crippen LogP contribution in [0.2, 0.25) is 0 Å². The quantitative estimate of drug-likeness (QED) is 0.372. The summed E-state index contributed by atoms with van der Waals surface area (Å²) in [4.78, 5) is 24.6. The molecule has 1 amide bonds. The molecule has 2 aromatic rings. The van der Waals surface area contributed by atoms with Crippen molar-refractivity contribution in [2.45, 2.75) is 69.5 Å². The van der Waals surface area contributed by atoms with E-state index >= 15 is 0 Å². The molecule has 0 saturated heterocycles. The Kier molecular flexibility index (Phi) is 7.09. The summed E-state index contributed by atoms with van der Waals surface area (Å²) >= 11 is 0. The van der Waals surface area contributed by atoms with E-state index in [1.165, 1.54) is 31.2 Å². The van der Waals surface area contributed by atoms with Gasteiger partial charge in [0.25, 0.3) is 0 Å². The smallest absolute Gasteiger partial charge is 0.368 e. The van der Waals surface area contributed by atoms with E-state index in [0.717, 1.165) is 18.7 Å². The average molecular weight is 490 g/mol. The van der Waals surface area contributed by atoms with E-state index in [0.29, 0.717) is 16.7 Å². The molecule has 0 spiro atoms. The van der Waals surface area contributed by atoms with Crippen molar-refractivity contribution in [1.29, 1.82) is 5.26 Å². The summed E-state index contributed by atoms with van der Waals surface area (Å²) in [6, 6.07) is 10.2. The normalized spacial score (nSPS) is 16.9. The standard InChI is InChI=1S/C26H27F4N3O2/c1-16(34)17-4-6-18(7-5-17)19-8-10-20(11-9-19)22(26(28,29)30)33(25(15-31)12-13-25)21(23(32)35)14-24(2,3)27/h4-11,21-22H,12-14H2,1-3H3,(H2,32,35)/t21-,22-/m0/s1. The Balaban J connectivity index is 2.07. The van der Waals surface area contributed by atoms with E-state index in [1.54, 1.807) is 24.3 Å². The molecular weight excluding hydrogens is 462 g/mol. The number of ketones is 1. The Bertz CT molecular complexity index is 1130. The molecule has 0 heterocycles. The SMILES string of the molecule is CC(=O)c1ccc(-c2ccc([C@H](N([C@@H](CC(C)(C)F)C(N)=O)C3(C#N)CC3)C(F)(F)F)cc2)cc1. The number of nitriles is 1. The van der Waals surface area contributed by atoms with Crippen LogP contribution in [0.25, 0.3) is 11.1 Å². The van der Waals surface area contributed by atoms with Gasteiger partial charge in [-0.3, -0.25) is 14.5 Å². The lowest BCUT2D eigenvalue weighted by molar-refractivity contribution is -0.201. The molecule has 1 aliphatic carbocycles. The highest BCUT2D eigenvalue weighted by atomic mass is 19.4. The lowest BCUT2D eigenvalue weighted by Gasteiger charge is -2.42. The molecule has 2 aromatic carbocycles. The molecule has 0 unspecified atom stereocenters. The number of alkyl halides is 4. The fourth-order valence-electron chi connectivity index (χ4n) is 4.33. The molecule has 1 saturated carbocycles. The van der Waals surface area contributed by atoms with Crippen molar-refractivity contribution in [3.05, 3.63) is 59.7 Å². The summed E-state index contributed by atoms with van der Waals surface area (Å²) in [7, 11) is 0. The molecule has 1 aliphatic rings. The zero-order chi connectivity index (χ0) is 26.2. The summed E-state index contributed by atoms with van der Waals surface area (Å²) in [5.74, 6) is -1.22. The number of benzene rings is 2. The van der Waals surface area contributed by atoms with Crippen molar-refractivity contribution in [1.82, 2.24) is 4.90 Å². The molecule has 35 heavy (non-hydrogen) atoms. The molecule has 0 aliphatic heterocycles. The third-order valence-electron chi connectivity index (χ3n) is 6.21. The van der Waals surface area contributed by atoms with Gasteiger partial charge >= 0.3 is 6.18 Å². The molecule has 3 rings (SSSR count). The maximum absolute atomic E-state index is 14.5. The number of hydrogen-bond acceptors (Lipinski definition) is 4. The van der Waals surface area contributed by atoms with Gasteiger partial charge in [0, 0.05) is 12.0 Å². The average Bonchev–Trinajstić information content (AvgIpc) is 3.56. The van der Waals surface area contributed by atoms with Crippen molar-refractivity contribution in [2.24, 2.45) is 5.73 Å². The van der Waals surface area contributed by atoms with Gasteiger partial charge in [-0.05, 0) is 50.3 Å². The number of carbonyl (C=O) groups excluding carboxylic acids is 2. The molecule has 1 fully saturated rings. The summed E-state index contributed by atoms with van der Waals surface area (Å²) < 4.78 is 58.1. The minimum absolute atomic E-state index is 0.105. The van der Waals surface area contributed by atoms with E-state index in [2.05, 4.69) is 0 Å². The molecule has 5 nitrogen and oxygen atoms in total. The molecule has 0 aromatic heterocycles. The number of halogens is 4. The number of nitrogens with two attached hydrogens (primary N) is 1. The molecular formula is C26H27F4N3O2. The van der Waals surface area contributed by atoms with Gasteiger partial charge in [0.1, 0.15) is 17.2 Å². The van der Waals surface area contributed by atoms with Crippen LogP contribution in [0.4, 0.5) is 17.6 Å². The van der Waals surface area contributed by atoms with E-state index in [1.807, 2.05) is 6.07 Å². The largest absolute Gasteiger partial charge is 0.408 e. The van der Waals surface area contributed by atoms with Gasteiger partial charge in [0.2, 0.25) is 5.91 Å². The van der Waals surface area contributed by atoms with E-state index in [-0.39, 0.29) is 24.2 Å². The highest BCUT2D eigenvalue weighted by Gasteiger charge is 2.61. The topological polar surface area (TPSA) is 87.2 Å². The maximum Gasteiger partial charge on any atom is 0.408 e. The molecule has 0 radical (unpaired) electrons. The number of carbonyl (C=O) groups is 2. The second-order valence-corrected chi connectivity index (χ2v) is 9.59. The van der Waals surface area contributed by atoms with Crippen LogP contribution in [0.3, 0.4) is 0 Å². The van der Waals surface area contributed by atoms with E-state index in [4.69, 9.17) is 5.73 Å². The predicted octanol–water partition coefficient (Wildman–Crippen LogP) is 5.51. The molecule has 0 bridgehead atoms. The van der Waals surface area contributed by atoms with Gasteiger partial charge in [-0.15, -0.1) is 0 Å². The van der Waals surface area contributed by atoms with Crippen LogP contribution in [0.1, 0.15) is 62.0 Å². The van der Waals surface area contributed by atoms with Gasteiger partial charge in [-0.25, -0.2) is 4.39 Å². The number of amides is 1. The second-order valence-electron chi connectivity index (χ2n) is 9.59. The van der Waals surface area contributed by atoms with E-state index in [9.17, 15) is 32.4 Å². The van der Waals surface area contributed by atoms with E-state index < -0.39 is 41.8 Å². The summed E-state index contributed by atoms with van der Waals surface area (Å²) in [5.41, 5.74) is 3.56. The minimum atomic E-state index is -4.87. The first-order chi connectivity index (χ1) is 16.2. The Hall–Kier alpha value is -3.25. The monoisotopic (exact) mass is 489 g/mol. The number of primary amides is 1. The second kappa shape index (κ2) is 9.42. The van der Waals surface area contributed by atoms with Crippen molar-refractivity contribution in [3.63, 3.8) is 0 Å². The zero-order valence-corrected chi connectivity index (χ0v) is 19.7. The number of hydrogen-bond donors (Lipinski definition) is 1. The predicted molar refractivity (Wildman–Crippen MR) is 123 cm³/mol. The third-order valence-corrected chi connectivity index (χ3v) is 6.21. The molecule has 9 heteroatoms. The van der Waals surface area contributed by atoms with Gasteiger partial charge in [0.05, 0.1) is 12.1 Å². The van der Waals surface area contributed by atoms with Crippen LogP contribution >= 0.6 is 0 Å².